The second-order valence-electron chi connectivity index (χ2n) is 7.46. The van der Waals surface area contributed by atoms with E-state index in [4.69, 9.17) is 0 Å². The molecule has 5 nitrogen and oxygen atoms in total. The Hall–Kier alpha value is -2.24. The zero-order valence-corrected chi connectivity index (χ0v) is 16.5. The molecule has 1 aromatic carbocycles. The highest BCUT2D eigenvalue weighted by Gasteiger charge is 2.23. The van der Waals surface area contributed by atoms with Crippen molar-refractivity contribution in [1.29, 1.82) is 0 Å². The molecule has 0 unspecified atom stereocenters. The minimum atomic E-state index is 0.00679. The van der Waals surface area contributed by atoms with Gasteiger partial charge >= 0.3 is 0 Å². The fraction of sp³-hybridized carbons (Fsp3) is 0.455. The number of nitrogens with one attached hydrogen (secondary N) is 1. The molecule has 0 amide bonds. The van der Waals surface area contributed by atoms with Crippen molar-refractivity contribution in [2.75, 3.05) is 39.3 Å². The molecule has 1 N–H and O–H groups in total. The summed E-state index contributed by atoms with van der Waals surface area (Å²) in [7, 11) is 0. The number of piperazine rings is 1. The number of hydrogen-bond donors (Lipinski definition) is 1. The molecule has 1 aliphatic heterocycles. The highest BCUT2D eigenvalue weighted by atomic mass is 16.1. The Kier molecular flexibility index (Phi) is 6.24. The second-order valence-corrected chi connectivity index (χ2v) is 7.46. The summed E-state index contributed by atoms with van der Waals surface area (Å²) in [5, 5.41) is 0. The Morgan fingerprint density at radius 2 is 1.63 bits per heavy atom. The van der Waals surface area contributed by atoms with Crippen LogP contribution in [0.2, 0.25) is 0 Å². The molecule has 0 saturated carbocycles. The van der Waals surface area contributed by atoms with Gasteiger partial charge in [-0.1, -0.05) is 30.3 Å². The Morgan fingerprint density at radius 3 is 2.22 bits per heavy atom. The fourth-order valence-corrected chi connectivity index (χ4v) is 3.94. The zero-order chi connectivity index (χ0) is 19.4. The van der Waals surface area contributed by atoms with Crippen LogP contribution in [0.3, 0.4) is 0 Å². The van der Waals surface area contributed by atoms with E-state index >= 15 is 0 Å². The number of Topliss-reactive ketones (excluding diaryl/α,β-unsaturated/α-hetero) is 2. The number of aromatic nitrogens is 1. The van der Waals surface area contributed by atoms with Gasteiger partial charge in [-0.15, -0.1) is 0 Å². The number of benzene rings is 1. The van der Waals surface area contributed by atoms with E-state index in [2.05, 4.69) is 39.0 Å². The molecule has 5 heteroatoms. The summed E-state index contributed by atoms with van der Waals surface area (Å²) in [6.45, 7) is 10.5. The lowest BCUT2D eigenvalue weighted by Gasteiger charge is -2.34. The van der Waals surface area contributed by atoms with E-state index in [9.17, 15) is 9.59 Å². The van der Waals surface area contributed by atoms with Crippen LogP contribution in [0.25, 0.3) is 0 Å². The van der Waals surface area contributed by atoms with Crippen molar-refractivity contribution >= 4 is 11.6 Å². The first-order valence-electron chi connectivity index (χ1n) is 9.67. The van der Waals surface area contributed by atoms with Crippen molar-refractivity contribution < 1.29 is 9.59 Å². The van der Waals surface area contributed by atoms with Gasteiger partial charge in [0.25, 0.3) is 0 Å². The molecule has 0 bridgehead atoms. The number of carbonyl (C=O) groups excluding carboxylic acids is 2. The van der Waals surface area contributed by atoms with Crippen LogP contribution in [0, 0.1) is 13.8 Å². The predicted octanol–water partition coefficient (Wildman–Crippen LogP) is 2.88. The molecule has 0 atom stereocenters. The molecule has 1 saturated heterocycles. The Labute approximate surface area is 161 Å². The molecule has 144 valence electrons. The van der Waals surface area contributed by atoms with Crippen LogP contribution >= 0.6 is 0 Å². The van der Waals surface area contributed by atoms with Crippen LogP contribution in [0.1, 0.15) is 44.6 Å². The Bertz CT molecular complexity index is 802. The van der Waals surface area contributed by atoms with Crippen molar-refractivity contribution in [2.45, 2.75) is 27.2 Å². The molecule has 0 radical (unpaired) electrons. The van der Waals surface area contributed by atoms with E-state index in [-0.39, 0.29) is 11.6 Å². The summed E-state index contributed by atoms with van der Waals surface area (Å²) >= 11 is 0. The highest BCUT2D eigenvalue weighted by Crippen LogP contribution is 2.19. The average molecular weight is 367 g/mol. The number of H-pyrrole nitrogens is 1. The Morgan fingerprint density at radius 1 is 1.00 bits per heavy atom. The monoisotopic (exact) mass is 367 g/mol. The molecule has 1 fully saturated rings. The maximum atomic E-state index is 12.7. The van der Waals surface area contributed by atoms with Gasteiger partial charge in [0, 0.05) is 44.0 Å². The van der Waals surface area contributed by atoms with Crippen LogP contribution < -0.4 is 0 Å². The van der Waals surface area contributed by atoms with Gasteiger partial charge in [0.1, 0.15) is 0 Å². The van der Waals surface area contributed by atoms with Crippen molar-refractivity contribution in [2.24, 2.45) is 0 Å². The molecule has 2 aromatic rings. The van der Waals surface area contributed by atoms with Crippen molar-refractivity contribution in [3.8, 4) is 0 Å². The third-order valence-electron chi connectivity index (χ3n) is 5.46. The number of aryl methyl sites for hydroxylation is 1. The van der Waals surface area contributed by atoms with Gasteiger partial charge in [0.2, 0.25) is 0 Å². The van der Waals surface area contributed by atoms with Gasteiger partial charge in [-0.05, 0) is 38.3 Å². The summed E-state index contributed by atoms with van der Waals surface area (Å²) in [5.41, 5.74) is 4.18. The SMILES string of the molecule is CC(=O)c1c(C)[nH]c(C(=O)CN2CCN(CCc3ccccc3)CC2)c1C. The maximum absolute atomic E-state index is 12.7. The minimum Gasteiger partial charge on any atom is -0.355 e. The minimum absolute atomic E-state index is 0.00679. The van der Waals surface area contributed by atoms with Crippen molar-refractivity contribution in [3.63, 3.8) is 0 Å². The van der Waals surface area contributed by atoms with E-state index < -0.39 is 0 Å². The van der Waals surface area contributed by atoms with Gasteiger partial charge in [-0.25, -0.2) is 0 Å². The van der Waals surface area contributed by atoms with Gasteiger partial charge in [-0.3, -0.25) is 14.5 Å². The number of aromatic amines is 1. The maximum Gasteiger partial charge on any atom is 0.193 e. The first kappa shape index (κ1) is 19.5. The van der Waals surface area contributed by atoms with E-state index in [1.165, 1.54) is 5.56 Å². The van der Waals surface area contributed by atoms with Crippen LogP contribution in [0.15, 0.2) is 30.3 Å². The average Bonchev–Trinajstić information content (AvgIpc) is 2.96. The summed E-state index contributed by atoms with van der Waals surface area (Å²) in [5.74, 6) is 0.0770. The highest BCUT2D eigenvalue weighted by molar-refractivity contribution is 6.03. The zero-order valence-electron chi connectivity index (χ0n) is 16.5. The quantitative estimate of drug-likeness (QED) is 0.765. The third kappa shape index (κ3) is 4.73. The fourth-order valence-electron chi connectivity index (χ4n) is 3.94. The van der Waals surface area contributed by atoms with E-state index in [0.717, 1.165) is 50.4 Å². The summed E-state index contributed by atoms with van der Waals surface area (Å²) < 4.78 is 0. The molecule has 0 aliphatic carbocycles. The number of rotatable bonds is 7. The molecule has 1 aromatic heterocycles. The van der Waals surface area contributed by atoms with Gasteiger partial charge in [-0.2, -0.15) is 0 Å². The standard InChI is InChI=1S/C22H29N3O2/c1-16-21(18(3)26)17(2)23-22(16)20(27)15-25-13-11-24(12-14-25)10-9-19-7-5-4-6-8-19/h4-8,23H,9-15H2,1-3H3. The van der Waals surface area contributed by atoms with Crippen LogP contribution in [-0.2, 0) is 6.42 Å². The molecule has 27 heavy (non-hydrogen) atoms. The molecule has 3 rings (SSSR count). The number of nitrogens with zero attached hydrogens (tertiary/aromatic N) is 2. The van der Waals surface area contributed by atoms with Crippen LogP contribution in [0.5, 0.6) is 0 Å². The van der Waals surface area contributed by atoms with E-state index in [0.29, 0.717) is 17.8 Å². The van der Waals surface area contributed by atoms with Crippen LogP contribution in [-0.4, -0.2) is 65.6 Å². The number of carbonyl (C=O) groups is 2. The summed E-state index contributed by atoms with van der Waals surface area (Å²) in [6.07, 6.45) is 1.06. The topological polar surface area (TPSA) is 56.4 Å². The lowest BCUT2D eigenvalue weighted by molar-refractivity contribution is 0.0849. The largest absolute Gasteiger partial charge is 0.355 e. The van der Waals surface area contributed by atoms with E-state index in [1.807, 2.05) is 19.9 Å². The van der Waals surface area contributed by atoms with Gasteiger partial charge in [0.15, 0.2) is 11.6 Å². The lowest BCUT2D eigenvalue weighted by Crippen LogP contribution is -2.48. The van der Waals surface area contributed by atoms with Gasteiger partial charge in [0.05, 0.1) is 12.2 Å². The predicted molar refractivity (Wildman–Crippen MR) is 108 cm³/mol. The summed E-state index contributed by atoms with van der Waals surface area (Å²) in [6, 6.07) is 10.6. The molecule has 0 spiro atoms. The lowest BCUT2D eigenvalue weighted by atomic mass is 10.1. The molecule has 2 heterocycles. The smallest absolute Gasteiger partial charge is 0.193 e. The van der Waals surface area contributed by atoms with Crippen molar-refractivity contribution in [3.05, 3.63) is 58.4 Å². The number of hydrogen-bond acceptors (Lipinski definition) is 4. The van der Waals surface area contributed by atoms with E-state index in [1.54, 1.807) is 6.92 Å². The van der Waals surface area contributed by atoms with Gasteiger partial charge < -0.3 is 9.88 Å². The molecular formula is C22H29N3O2. The first-order chi connectivity index (χ1) is 13.0. The Balaban J connectivity index is 1.50. The molecular weight excluding hydrogens is 338 g/mol. The normalized spacial score (nSPS) is 15.8. The first-order valence-corrected chi connectivity index (χ1v) is 9.67. The second kappa shape index (κ2) is 8.63. The van der Waals surface area contributed by atoms with Crippen LogP contribution in [0.4, 0.5) is 0 Å². The van der Waals surface area contributed by atoms with Crippen molar-refractivity contribution in [1.82, 2.24) is 14.8 Å². The third-order valence-corrected chi connectivity index (χ3v) is 5.46. The molecule has 1 aliphatic rings. The number of ketones is 2. The summed E-state index contributed by atoms with van der Waals surface area (Å²) in [4.78, 5) is 32.3.